The van der Waals surface area contributed by atoms with E-state index in [9.17, 15) is 4.79 Å². The first-order valence-corrected chi connectivity index (χ1v) is 9.96. The highest BCUT2D eigenvalue weighted by atomic mass is 32.1. The fourth-order valence-corrected chi connectivity index (χ4v) is 4.93. The minimum Gasteiger partial charge on any atom is -0.353 e. The number of aromatic nitrogens is 1. The number of hydrogen-bond acceptors (Lipinski definition) is 6. The van der Waals surface area contributed by atoms with Crippen molar-refractivity contribution in [2.24, 2.45) is 0 Å². The number of nitrogens with zero attached hydrogens (tertiary/aromatic N) is 3. The lowest BCUT2D eigenvalue weighted by molar-refractivity contribution is -0.122. The SMILES string of the molecule is CC(C)N1c2sc(-c3ccsc3)nc2C[C@H]1C(=O)NCCN(C)C. The molecule has 2 aromatic heterocycles. The topological polar surface area (TPSA) is 48.5 Å². The molecule has 5 nitrogen and oxygen atoms in total. The maximum absolute atomic E-state index is 12.6. The van der Waals surface area contributed by atoms with Gasteiger partial charge in [0.1, 0.15) is 16.1 Å². The van der Waals surface area contributed by atoms with E-state index in [0.717, 1.165) is 22.2 Å². The summed E-state index contributed by atoms with van der Waals surface area (Å²) in [6.45, 7) is 5.80. The van der Waals surface area contributed by atoms with Crippen LogP contribution in [0.25, 0.3) is 10.6 Å². The minimum absolute atomic E-state index is 0.104. The van der Waals surface area contributed by atoms with Crippen LogP contribution >= 0.6 is 22.7 Å². The Balaban J connectivity index is 1.76. The van der Waals surface area contributed by atoms with Crippen LogP contribution in [0.5, 0.6) is 0 Å². The molecular weight excluding hydrogens is 340 g/mol. The van der Waals surface area contributed by atoms with Crippen molar-refractivity contribution in [3.8, 4) is 10.6 Å². The molecule has 0 aromatic carbocycles. The molecule has 0 bridgehead atoms. The Labute approximate surface area is 151 Å². The van der Waals surface area contributed by atoms with Gasteiger partial charge in [0.2, 0.25) is 5.91 Å². The zero-order chi connectivity index (χ0) is 17.3. The van der Waals surface area contributed by atoms with Gasteiger partial charge in [0.05, 0.1) is 5.69 Å². The molecule has 2 aromatic rings. The van der Waals surface area contributed by atoms with Crippen LogP contribution in [0.2, 0.25) is 0 Å². The van der Waals surface area contributed by atoms with Crippen LogP contribution in [0, 0.1) is 0 Å². The predicted octanol–water partition coefficient (Wildman–Crippen LogP) is 2.69. The number of carbonyl (C=O) groups excluding carboxylic acids is 1. The third-order valence-corrected chi connectivity index (χ3v) is 5.96. The van der Waals surface area contributed by atoms with E-state index in [-0.39, 0.29) is 18.0 Å². The summed E-state index contributed by atoms with van der Waals surface area (Å²) in [5.74, 6) is 0.104. The lowest BCUT2D eigenvalue weighted by Gasteiger charge is -2.29. The molecule has 3 rings (SSSR count). The number of nitrogens with one attached hydrogen (secondary N) is 1. The van der Waals surface area contributed by atoms with Crippen LogP contribution in [0.3, 0.4) is 0 Å². The predicted molar refractivity (Wildman–Crippen MR) is 102 cm³/mol. The normalized spacial score (nSPS) is 16.9. The maximum atomic E-state index is 12.6. The number of thiophene rings is 1. The smallest absolute Gasteiger partial charge is 0.243 e. The molecule has 0 saturated carbocycles. The summed E-state index contributed by atoms with van der Waals surface area (Å²) in [4.78, 5) is 21.7. The molecule has 3 heterocycles. The first-order chi connectivity index (χ1) is 11.5. The van der Waals surface area contributed by atoms with E-state index in [1.807, 2.05) is 14.1 Å². The van der Waals surface area contributed by atoms with Crippen molar-refractivity contribution in [2.45, 2.75) is 32.4 Å². The molecule has 1 aliphatic rings. The lowest BCUT2D eigenvalue weighted by atomic mass is 10.1. The molecule has 0 radical (unpaired) electrons. The van der Waals surface area contributed by atoms with Gasteiger partial charge < -0.3 is 15.1 Å². The summed E-state index contributed by atoms with van der Waals surface area (Å²) < 4.78 is 0. The van der Waals surface area contributed by atoms with E-state index in [1.165, 1.54) is 5.56 Å². The highest BCUT2D eigenvalue weighted by molar-refractivity contribution is 7.19. The Morgan fingerprint density at radius 2 is 2.29 bits per heavy atom. The van der Waals surface area contributed by atoms with E-state index < -0.39 is 0 Å². The van der Waals surface area contributed by atoms with Gasteiger partial charge in [-0.1, -0.05) is 11.3 Å². The lowest BCUT2D eigenvalue weighted by Crippen LogP contribution is -2.49. The van der Waals surface area contributed by atoms with Gasteiger partial charge in [0.25, 0.3) is 0 Å². The van der Waals surface area contributed by atoms with Gasteiger partial charge in [0.15, 0.2) is 0 Å². The van der Waals surface area contributed by atoms with Crippen molar-refractivity contribution in [1.82, 2.24) is 15.2 Å². The fraction of sp³-hybridized carbons (Fsp3) is 0.529. The average molecular weight is 365 g/mol. The molecular formula is C17H24N4OS2. The van der Waals surface area contributed by atoms with Crippen LogP contribution in [-0.4, -0.2) is 55.1 Å². The van der Waals surface area contributed by atoms with Gasteiger partial charge in [-0.25, -0.2) is 4.98 Å². The van der Waals surface area contributed by atoms with Crippen LogP contribution < -0.4 is 10.2 Å². The minimum atomic E-state index is -0.141. The Kier molecular flexibility index (Phi) is 5.22. The van der Waals surface area contributed by atoms with Crippen molar-refractivity contribution in [1.29, 1.82) is 0 Å². The zero-order valence-corrected chi connectivity index (χ0v) is 16.2. The highest BCUT2D eigenvalue weighted by Crippen LogP contribution is 2.42. The number of anilines is 1. The Morgan fingerprint density at radius 3 is 2.92 bits per heavy atom. The van der Waals surface area contributed by atoms with Crippen molar-refractivity contribution in [3.05, 3.63) is 22.5 Å². The first-order valence-electron chi connectivity index (χ1n) is 8.20. The number of thiazole rings is 1. The number of rotatable bonds is 6. The van der Waals surface area contributed by atoms with Gasteiger partial charge in [0, 0.05) is 36.5 Å². The number of fused-ring (bicyclic) bond motifs is 1. The second-order valence-corrected chi connectivity index (χ2v) is 8.36. The molecule has 0 fully saturated rings. The Hall–Kier alpha value is -1.44. The third-order valence-electron chi connectivity index (χ3n) is 4.12. The monoisotopic (exact) mass is 364 g/mol. The molecule has 0 aliphatic carbocycles. The van der Waals surface area contributed by atoms with Crippen LogP contribution in [0.1, 0.15) is 19.5 Å². The van der Waals surface area contributed by atoms with E-state index in [2.05, 4.69) is 45.8 Å². The fourth-order valence-electron chi connectivity index (χ4n) is 2.94. The first kappa shape index (κ1) is 17.4. The van der Waals surface area contributed by atoms with Crippen molar-refractivity contribution >= 4 is 33.6 Å². The van der Waals surface area contributed by atoms with E-state index >= 15 is 0 Å². The summed E-state index contributed by atoms with van der Waals surface area (Å²) in [5.41, 5.74) is 2.23. The van der Waals surface area contributed by atoms with Gasteiger partial charge in [-0.3, -0.25) is 4.79 Å². The van der Waals surface area contributed by atoms with Crippen molar-refractivity contribution in [2.75, 3.05) is 32.1 Å². The summed E-state index contributed by atoms with van der Waals surface area (Å²) in [6.07, 6.45) is 0.696. The number of hydrogen-bond donors (Lipinski definition) is 1. The molecule has 1 aliphatic heterocycles. The average Bonchev–Trinajstić information content (AvgIpc) is 3.20. The molecule has 7 heteroatoms. The molecule has 0 saturated heterocycles. The maximum Gasteiger partial charge on any atom is 0.243 e. The van der Waals surface area contributed by atoms with Crippen molar-refractivity contribution in [3.63, 3.8) is 0 Å². The highest BCUT2D eigenvalue weighted by Gasteiger charge is 2.38. The summed E-state index contributed by atoms with van der Waals surface area (Å²) >= 11 is 3.38. The molecule has 1 atom stereocenters. The second-order valence-electron chi connectivity index (χ2n) is 6.60. The Morgan fingerprint density at radius 1 is 1.50 bits per heavy atom. The van der Waals surface area contributed by atoms with Gasteiger partial charge in [-0.2, -0.15) is 11.3 Å². The molecule has 1 amide bonds. The standard InChI is InChI=1S/C17H24N4OS2/c1-11(2)21-14(15(22)18-6-7-20(3)4)9-13-17(21)24-16(19-13)12-5-8-23-10-12/h5,8,10-11,14H,6-7,9H2,1-4H3,(H,18,22)/t14-/m0/s1. The number of carbonyl (C=O) groups is 1. The van der Waals surface area contributed by atoms with E-state index in [0.29, 0.717) is 13.0 Å². The summed E-state index contributed by atoms with van der Waals surface area (Å²) in [5, 5.41) is 9.47. The zero-order valence-electron chi connectivity index (χ0n) is 14.6. The van der Waals surface area contributed by atoms with Crippen LogP contribution in [0.4, 0.5) is 5.00 Å². The third kappa shape index (κ3) is 3.48. The van der Waals surface area contributed by atoms with Gasteiger partial charge >= 0.3 is 0 Å². The van der Waals surface area contributed by atoms with Crippen LogP contribution in [0.15, 0.2) is 16.8 Å². The molecule has 1 N–H and O–H groups in total. The van der Waals surface area contributed by atoms with Crippen molar-refractivity contribution < 1.29 is 4.79 Å². The van der Waals surface area contributed by atoms with E-state index in [1.54, 1.807) is 22.7 Å². The molecule has 0 spiro atoms. The Bertz CT molecular complexity index is 694. The molecule has 130 valence electrons. The second kappa shape index (κ2) is 7.21. The number of likely N-dealkylation sites (N-methyl/N-ethyl adjacent to an activating group) is 1. The van der Waals surface area contributed by atoms with Gasteiger partial charge in [-0.15, -0.1) is 0 Å². The molecule has 24 heavy (non-hydrogen) atoms. The largest absolute Gasteiger partial charge is 0.353 e. The molecule has 0 unspecified atom stereocenters. The quantitative estimate of drug-likeness (QED) is 0.856. The summed E-state index contributed by atoms with van der Waals surface area (Å²) in [6, 6.07) is 2.23. The number of amides is 1. The van der Waals surface area contributed by atoms with Gasteiger partial charge in [-0.05, 0) is 39.4 Å². The van der Waals surface area contributed by atoms with Crippen LogP contribution in [-0.2, 0) is 11.2 Å². The summed E-state index contributed by atoms with van der Waals surface area (Å²) in [7, 11) is 4.02. The van der Waals surface area contributed by atoms with E-state index in [4.69, 9.17) is 4.98 Å².